The predicted molar refractivity (Wildman–Crippen MR) is 107 cm³/mol. The molecule has 2 aliphatic heterocycles. The lowest BCUT2D eigenvalue weighted by Crippen LogP contribution is -2.38. The molecule has 2 N–H and O–H groups in total. The van der Waals surface area contributed by atoms with Gasteiger partial charge in [0.25, 0.3) is 5.88 Å². The highest BCUT2D eigenvalue weighted by molar-refractivity contribution is 5.47. The minimum Gasteiger partial charge on any atom is -0.491 e. The first-order valence-electron chi connectivity index (χ1n) is 9.94. The lowest BCUT2D eigenvalue weighted by molar-refractivity contribution is 0.135. The molecule has 2 fully saturated rings. The highest BCUT2D eigenvalue weighted by Gasteiger charge is 2.27. The van der Waals surface area contributed by atoms with Crippen molar-refractivity contribution in [1.29, 1.82) is 0 Å². The number of aromatic nitrogens is 2. The van der Waals surface area contributed by atoms with Gasteiger partial charge in [-0.15, -0.1) is 0 Å². The van der Waals surface area contributed by atoms with Crippen LogP contribution in [0.3, 0.4) is 0 Å². The number of ether oxygens (including phenoxy) is 3. The smallest absolute Gasteiger partial charge is 0.259 e. The van der Waals surface area contributed by atoms with Crippen molar-refractivity contribution in [3.05, 3.63) is 42.2 Å². The van der Waals surface area contributed by atoms with E-state index in [1.54, 1.807) is 13.3 Å². The molecule has 2 atom stereocenters. The quantitative estimate of drug-likeness (QED) is 0.819. The predicted octanol–water partition coefficient (Wildman–Crippen LogP) is 2.57. The monoisotopic (exact) mass is 384 g/mol. The summed E-state index contributed by atoms with van der Waals surface area (Å²) < 4.78 is 16.9. The van der Waals surface area contributed by atoms with Gasteiger partial charge < -0.3 is 24.8 Å². The summed E-state index contributed by atoms with van der Waals surface area (Å²) in [6.45, 7) is 3.18. The summed E-state index contributed by atoms with van der Waals surface area (Å²) in [4.78, 5) is 11.2. The number of anilines is 1. The van der Waals surface area contributed by atoms with Gasteiger partial charge >= 0.3 is 0 Å². The van der Waals surface area contributed by atoms with E-state index in [1.807, 2.05) is 24.4 Å². The maximum atomic E-state index is 6.48. The normalized spacial score (nSPS) is 21.5. The molecule has 1 unspecified atom stereocenters. The van der Waals surface area contributed by atoms with Crippen LogP contribution in [0.4, 0.5) is 5.82 Å². The van der Waals surface area contributed by atoms with Crippen LogP contribution in [0.25, 0.3) is 0 Å². The van der Waals surface area contributed by atoms with Crippen molar-refractivity contribution in [1.82, 2.24) is 9.97 Å². The molecule has 2 aliphatic rings. The summed E-state index contributed by atoms with van der Waals surface area (Å²) in [6, 6.07) is 7.97. The van der Waals surface area contributed by atoms with Crippen molar-refractivity contribution in [2.24, 2.45) is 11.7 Å². The Labute approximate surface area is 165 Å². The minimum absolute atomic E-state index is 0.0286. The molecule has 4 heterocycles. The average molecular weight is 384 g/mol. The summed E-state index contributed by atoms with van der Waals surface area (Å²) in [7, 11) is 1.64. The Morgan fingerprint density at radius 2 is 2.07 bits per heavy atom. The van der Waals surface area contributed by atoms with Crippen LogP contribution in [0.15, 0.2) is 36.7 Å². The lowest BCUT2D eigenvalue weighted by Gasteiger charge is -2.35. The maximum absolute atomic E-state index is 6.48. The molecule has 150 valence electrons. The molecule has 2 aromatic heterocycles. The van der Waals surface area contributed by atoms with Gasteiger partial charge in [0.1, 0.15) is 11.9 Å². The van der Waals surface area contributed by atoms with E-state index in [-0.39, 0.29) is 12.1 Å². The number of nitrogens with two attached hydrogens (primary N) is 1. The molecular formula is C21H28N4O3. The molecule has 0 bridgehead atoms. The molecule has 0 amide bonds. The van der Waals surface area contributed by atoms with E-state index >= 15 is 0 Å². The van der Waals surface area contributed by atoms with Gasteiger partial charge in [-0.2, -0.15) is 4.98 Å². The van der Waals surface area contributed by atoms with Crippen molar-refractivity contribution >= 4 is 5.82 Å². The number of pyridine rings is 2. The van der Waals surface area contributed by atoms with Crippen LogP contribution < -0.4 is 20.1 Å². The zero-order valence-electron chi connectivity index (χ0n) is 16.3. The Morgan fingerprint density at radius 3 is 2.75 bits per heavy atom. The summed E-state index contributed by atoms with van der Waals surface area (Å²) in [6.07, 6.45) is 6.63. The number of nitrogens with zero attached hydrogens (tertiary/aromatic N) is 3. The van der Waals surface area contributed by atoms with E-state index < -0.39 is 0 Å². The van der Waals surface area contributed by atoms with E-state index in [9.17, 15) is 0 Å². The number of piperidine rings is 1. The highest BCUT2D eigenvalue weighted by atomic mass is 16.6. The molecule has 0 radical (unpaired) electrons. The molecule has 0 saturated carbocycles. The number of hydrogen-bond acceptors (Lipinski definition) is 7. The van der Waals surface area contributed by atoms with Gasteiger partial charge in [-0.25, -0.2) is 0 Å². The van der Waals surface area contributed by atoms with Crippen LogP contribution in [0.1, 0.15) is 30.9 Å². The van der Waals surface area contributed by atoms with E-state index in [0.717, 1.165) is 50.3 Å². The summed E-state index contributed by atoms with van der Waals surface area (Å²) in [5.74, 6) is 2.57. The van der Waals surface area contributed by atoms with Gasteiger partial charge in [-0.1, -0.05) is 6.07 Å². The van der Waals surface area contributed by atoms with E-state index in [4.69, 9.17) is 24.9 Å². The van der Waals surface area contributed by atoms with Crippen molar-refractivity contribution in [3.8, 4) is 11.6 Å². The van der Waals surface area contributed by atoms with E-state index in [0.29, 0.717) is 24.2 Å². The second-order valence-corrected chi connectivity index (χ2v) is 7.42. The third-order valence-corrected chi connectivity index (χ3v) is 5.64. The Kier molecular flexibility index (Phi) is 5.92. The van der Waals surface area contributed by atoms with E-state index in [2.05, 4.69) is 16.0 Å². The maximum Gasteiger partial charge on any atom is 0.259 e. The van der Waals surface area contributed by atoms with Crippen LogP contribution >= 0.6 is 0 Å². The molecule has 2 saturated heterocycles. The van der Waals surface area contributed by atoms with Gasteiger partial charge in [-0.3, -0.25) is 4.98 Å². The Balaban J connectivity index is 1.41. The second-order valence-electron chi connectivity index (χ2n) is 7.42. The molecule has 7 heteroatoms. The van der Waals surface area contributed by atoms with Crippen LogP contribution in [0.5, 0.6) is 11.6 Å². The Bertz CT molecular complexity index is 760. The number of hydrogen-bond donors (Lipinski definition) is 1. The molecule has 0 spiro atoms. The summed E-state index contributed by atoms with van der Waals surface area (Å²) in [5, 5.41) is 0. The SMILES string of the molecule is COc1ccc(N2CCC(C(N)c3cccnc3)CC2)nc1O[C@@H]1CCOC1. The third kappa shape index (κ3) is 4.20. The second kappa shape index (κ2) is 8.75. The fraction of sp³-hybridized carbons (Fsp3) is 0.524. The fourth-order valence-electron chi connectivity index (χ4n) is 3.93. The first-order valence-corrected chi connectivity index (χ1v) is 9.94. The molecular weight excluding hydrogens is 356 g/mol. The zero-order valence-corrected chi connectivity index (χ0v) is 16.3. The summed E-state index contributed by atoms with van der Waals surface area (Å²) >= 11 is 0. The van der Waals surface area contributed by atoms with Crippen LogP contribution in [-0.2, 0) is 4.74 Å². The third-order valence-electron chi connectivity index (χ3n) is 5.64. The van der Waals surface area contributed by atoms with Gasteiger partial charge in [0.2, 0.25) is 0 Å². The molecule has 0 aliphatic carbocycles. The number of rotatable bonds is 6. The van der Waals surface area contributed by atoms with Crippen molar-refractivity contribution < 1.29 is 14.2 Å². The lowest BCUT2D eigenvalue weighted by atomic mass is 9.86. The van der Waals surface area contributed by atoms with Crippen LogP contribution in [0.2, 0.25) is 0 Å². The molecule has 4 rings (SSSR count). The minimum atomic E-state index is 0.0286. The molecule has 0 aromatic carbocycles. The van der Waals surface area contributed by atoms with Crippen molar-refractivity contribution in [2.75, 3.05) is 38.3 Å². The Morgan fingerprint density at radius 1 is 1.21 bits per heavy atom. The molecule has 2 aromatic rings. The molecule has 28 heavy (non-hydrogen) atoms. The fourth-order valence-corrected chi connectivity index (χ4v) is 3.93. The van der Waals surface area contributed by atoms with Crippen molar-refractivity contribution in [3.63, 3.8) is 0 Å². The summed E-state index contributed by atoms with van der Waals surface area (Å²) in [5.41, 5.74) is 7.59. The van der Waals surface area contributed by atoms with Gasteiger partial charge in [0.15, 0.2) is 5.75 Å². The first kappa shape index (κ1) is 19.0. The van der Waals surface area contributed by atoms with Crippen LogP contribution in [0, 0.1) is 5.92 Å². The van der Waals surface area contributed by atoms with Gasteiger partial charge in [0.05, 0.1) is 20.3 Å². The number of methoxy groups -OCH3 is 1. The average Bonchev–Trinajstić information content (AvgIpc) is 3.27. The largest absolute Gasteiger partial charge is 0.491 e. The first-order chi connectivity index (χ1) is 13.7. The van der Waals surface area contributed by atoms with Gasteiger partial charge in [0, 0.05) is 37.9 Å². The highest BCUT2D eigenvalue weighted by Crippen LogP contribution is 2.33. The van der Waals surface area contributed by atoms with Crippen molar-refractivity contribution in [2.45, 2.75) is 31.4 Å². The topological polar surface area (TPSA) is 82.7 Å². The standard InChI is InChI=1S/C21H28N4O3/c1-26-18-4-5-19(24-21(18)28-17-8-12-27-14-17)25-10-6-15(7-11-25)20(22)16-3-2-9-23-13-16/h2-5,9,13,15,17,20H,6-8,10-12,14,22H2,1H3/t17-,20?/m1/s1. The zero-order chi connectivity index (χ0) is 19.3. The molecule has 7 nitrogen and oxygen atoms in total. The van der Waals surface area contributed by atoms with Crippen LogP contribution in [-0.4, -0.2) is 49.5 Å². The Hall–Kier alpha value is -2.38. The van der Waals surface area contributed by atoms with E-state index in [1.165, 1.54) is 0 Å². The van der Waals surface area contributed by atoms with Gasteiger partial charge in [-0.05, 0) is 42.5 Å².